The monoisotopic (exact) mass is 254 g/mol. The van der Waals surface area contributed by atoms with Crippen LogP contribution >= 0.6 is 0 Å². The van der Waals surface area contributed by atoms with Gasteiger partial charge in [0.2, 0.25) is 0 Å². The Morgan fingerprint density at radius 3 is 2.84 bits per heavy atom. The fraction of sp³-hybridized carbons (Fsp3) is 0.200. The normalized spacial score (nSPS) is 11.0. The number of rotatable bonds is 4. The van der Waals surface area contributed by atoms with Gasteiger partial charge in [-0.3, -0.25) is 4.79 Å². The van der Waals surface area contributed by atoms with E-state index in [-0.39, 0.29) is 0 Å². The molecule has 2 aromatic heterocycles. The van der Waals surface area contributed by atoms with E-state index < -0.39 is 0 Å². The molecule has 4 nitrogen and oxygen atoms in total. The zero-order chi connectivity index (χ0) is 13.2. The summed E-state index contributed by atoms with van der Waals surface area (Å²) in [5.41, 5.74) is 2.11. The van der Waals surface area contributed by atoms with Crippen LogP contribution in [0, 0.1) is 0 Å². The molecule has 3 aromatic rings. The summed E-state index contributed by atoms with van der Waals surface area (Å²) in [5.74, 6) is 2.07. The van der Waals surface area contributed by atoms with Gasteiger partial charge in [-0.1, -0.05) is 12.1 Å². The third-order valence-corrected chi connectivity index (χ3v) is 3.18. The molecule has 0 fully saturated rings. The first-order valence-electron chi connectivity index (χ1n) is 6.30. The van der Waals surface area contributed by atoms with Crippen LogP contribution in [0.15, 0.2) is 40.8 Å². The summed E-state index contributed by atoms with van der Waals surface area (Å²) in [4.78, 5) is 15.3. The highest BCUT2D eigenvalue weighted by Crippen LogP contribution is 2.19. The van der Waals surface area contributed by atoms with Crippen molar-refractivity contribution in [2.24, 2.45) is 0 Å². The summed E-state index contributed by atoms with van der Waals surface area (Å²) in [7, 11) is 0. The van der Waals surface area contributed by atoms with Crippen molar-refractivity contribution in [3.63, 3.8) is 0 Å². The number of aryl methyl sites for hydroxylation is 1. The fourth-order valence-corrected chi connectivity index (χ4v) is 2.32. The smallest absolute Gasteiger partial charge is 0.185 e. The maximum Gasteiger partial charge on any atom is 0.185 e. The van der Waals surface area contributed by atoms with Crippen LogP contribution in [0.5, 0.6) is 0 Å². The summed E-state index contributed by atoms with van der Waals surface area (Å²) in [6.45, 7) is 2.95. The average molecular weight is 254 g/mol. The molecule has 0 bridgehead atoms. The van der Waals surface area contributed by atoms with Gasteiger partial charge in [0.25, 0.3) is 0 Å². The largest absolute Gasteiger partial charge is 0.458 e. The van der Waals surface area contributed by atoms with E-state index in [1.165, 1.54) is 0 Å². The van der Waals surface area contributed by atoms with Crippen LogP contribution in [-0.2, 0) is 13.0 Å². The molecule has 0 N–H and O–H groups in total. The second-order valence-electron chi connectivity index (χ2n) is 4.36. The van der Waals surface area contributed by atoms with E-state index in [1.807, 2.05) is 24.3 Å². The molecular formula is C15H14N2O2. The highest BCUT2D eigenvalue weighted by Gasteiger charge is 2.11. The van der Waals surface area contributed by atoms with E-state index in [9.17, 15) is 4.79 Å². The second kappa shape index (κ2) is 4.72. The summed E-state index contributed by atoms with van der Waals surface area (Å²) >= 11 is 0. The number of hydrogen-bond acceptors (Lipinski definition) is 3. The van der Waals surface area contributed by atoms with Crippen molar-refractivity contribution >= 4 is 17.3 Å². The van der Waals surface area contributed by atoms with Crippen molar-refractivity contribution in [1.82, 2.24) is 9.55 Å². The molecule has 0 saturated carbocycles. The van der Waals surface area contributed by atoms with Gasteiger partial charge in [-0.05, 0) is 31.2 Å². The Balaban J connectivity index is 2.02. The SMILES string of the molecule is CCn1c(Cc2ccc(C=O)o2)nc2ccccc21. The third-order valence-electron chi connectivity index (χ3n) is 3.18. The minimum absolute atomic E-state index is 0.356. The lowest BCUT2D eigenvalue weighted by Crippen LogP contribution is -2.02. The number of fused-ring (bicyclic) bond motifs is 1. The minimum Gasteiger partial charge on any atom is -0.458 e. The fourth-order valence-electron chi connectivity index (χ4n) is 2.32. The first-order chi connectivity index (χ1) is 9.31. The summed E-state index contributed by atoms with van der Waals surface area (Å²) in [6, 6.07) is 11.6. The average Bonchev–Trinajstić information content (AvgIpc) is 3.02. The van der Waals surface area contributed by atoms with Crippen molar-refractivity contribution in [3.05, 3.63) is 53.7 Å². The molecule has 1 aromatic carbocycles. The number of furan rings is 1. The summed E-state index contributed by atoms with van der Waals surface area (Å²) < 4.78 is 7.58. The summed E-state index contributed by atoms with van der Waals surface area (Å²) in [5, 5.41) is 0. The van der Waals surface area contributed by atoms with E-state index in [0.29, 0.717) is 18.5 Å². The number of carbonyl (C=O) groups is 1. The van der Waals surface area contributed by atoms with Gasteiger partial charge in [-0.25, -0.2) is 4.98 Å². The zero-order valence-corrected chi connectivity index (χ0v) is 10.7. The Kier molecular flexibility index (Phi) is 2.91. The quantitative estimate of drug-likeness (QED) is 0.672. The van der Waals surface area contributed by atoms with Crippen LogP contribution in [0.4, 0.5) is 0 Å². The summed E-state index contributed by atoms with van der Waals surface area (Å²) in [6.07, 6.45) is 1.31. The Bertz CT molecular complexity index is 725. The first kappa shape index (κ1) is 11.7. The number of aromatic nitrogens is 2. The molecule has 19 heavy (non-hydrogen) atoms. The van der Waals surface area contributed by atoms with Crippen molar-refractivity contribution in [3.8, 4) is 0 Å². The van der Waals surface area contributed by atoms with Gasteiger partial charge < -0.3 is 8.98 Å². The second-order valence-corrected chi connectivity index (χ2v) is 4.36. The predicted molar refractivity (Wildman–Crippen MR) is 72.3 cm³/mol. The molecule has 0 atom stereocenters. The molecule has 0 amide bonds. The van der Waals surface area contributed by atoms with Crippen LogP contribution in [0.3, 0.4) is 0 Å². The molecule has 0 spiro atoms. The van der Waals surface area contributed by atoms with Gasteiger partial charge in [-0.2, -0.15) is 0 Å². The Labute approximate surface area is 110 Å². The van der Waals surface area contributed by atoms with E-state index in [2.05, 4.69) is 22.5 Å². The lowest BCUT2D eigenvalue weighted by atomic mass is 10.3. The maximum atomic E-state index is 10.6. The van der Waals surface area contributed by atoms with E-state index >= 15 is 0 Å². The van der Waals surface area contributed by atoms with Crippen molar-refractivity contribution in [2.75, 3.05) is 0 Å². The predicted octanol–water partition coefficient (Wildman–Crippen LogP) is 3.05. The standard InChI is InChI=1S/C15H14N2O2/c1-2-17-14-6-4-3-5-13(14)16-15(17)9-11-7-8-12(10-18)19-11/h3-8,10H,2,9H2,1H3. The lowest BCUT2D eigenvalue weighted by molar-refractivity contribution is 0.109. The van der Waals surface area contributed by atoms with Gasteiger partial charge in [0.05, 0.1) is 17.5 Å². The highest BCUT2D eigenvalue weighted by atomic mass is 16.3. The Morgan fingerprint density at radius 1 is 1.26 bits per heavy atom. The molecule has 0 aliphatic carbocycles. The number of aldehydes is 1. The van der Waals surface area contributed by atoms with Crippen LogP contribution in [0.2, 0.25) is 0 Å². The number of benzene rings is 1. The number of para-hydroxylation sites is 2. The topological polar surface area (TPSA) is 48.0 Å². The lowest BCUT2D eigenvalue weighted by Gasteiger charge is -2.04. The number of nitrogens with zero attached hydrogens (tertiary/aromatic N) is 2. The molecule has 0 aliphatic rings. The van der Waals surface area contributed by atoms with Crippen LogP contribution < -0.4 is 0 Å². The molecular weight excluding hydrogens is 240 g/mol. The van der Waals surface area contributed by atoms with E-state index in [0.717, 1.165) is 29.2 Å². The Hall–Kier alpha value is -2.36. The molecule has 96 valence electrons. The zero-order valence-electron chi connectivity index (χ0n) is 10.7. The minimum atomic E-state index is 0.356. The molecule has 3 rings (SSSR count). The number of hydrogen-bond donors (Lipinski definition) is 0. The first-order valence-corrected chi connectivity index (χ1v) is 6.30. The molecule has 0 unspecified atom stereocenters. The molecule has 0 aliphatic heterocycles. The molecule has 0 saturated heterocycles. The van der Waals surface area contributed by atoms with Crippen LogP contribution in [0.25, 0.3) is 11.0 Å². The van der Waals surface area contributed by atoms with Gasteiger partial charge in [0, 0.05) is 6.54 Å². The Morgan fingerprint density at radius 2 is 2.11 bits per heavy atom. The maximum absolute atomic E-state index is 10.6. The van der Waals surface area contributed by atoms with Crippen molar-refractivity contribution < 1.29 is 9.21 Å². The van der Waals surface area contributed by atoms with Crippen LogP contribution in [0.1, 0.15) is 29.1 Å². The van der Waals surface area contributed by atoms with Gasteiger partial charge >= 0.3 is 0 Å². The van der Waals surface area contributed by atoms with E-state index in [4.69, 9.17) is 4.42 Å². The number of imidazole rings is 1. The molecule has 4 heteroatoms. The third kappa shape index (κ3) is 2.05. The van der Waals surface area contributed by atoms with Gasteiger partial charge in [-0.15, -0.1) is 0 Å². The molecule has 0 radical (unpaired) electrons. The van der Waals surface area contributed by atoms with Gasteiger partial charge in [0.15, 0.2) is 12.0 Å². The van der Waals surface area contributed by atoms with Crippen molar-refractivity contribution in [1.29, 1.82) is 0 Å². The van der Waals surface area contributed by atoms with Crippen LogP contribution in [-0.4, -0.2) is 15.8 Å². The highest BCUT2D eigenvalue weighted by molar-refractivity contribution is 5.76. The number of carbonyl (C=O) groups excluding carboxylic acids is 1. The van der Waals surface area contributed by atoms with Crippen molar-refractivity contribution in [2.45, 2.75) is 19.9 Å². The molecule has 2 heterocycles. The van der Waals surface area contributed by atoms with E-state index in [1.54, 1.807) is 6.07 Å². The van der Waals surface area contributed by atoms with Gasteiger partial charge in [0.1, 0.15) is 11.6 Å².